The highest BCUT2D eigenvalue weighted by atomic mass is 35.5. The number of nitrogens with zero attached hydrogens (tertiary/aromatic N) is 6. The summed E-state index contributed by atoms with van der Waals surface area (Å²) < 4.78 is 42.2. The smallest absolute Gasteiger partial charge is 0.267 e. The molecule has 8 nitrogen and oxygen atoms in total. The predicted octanol–water partition coefficient (Wildman–Crippen LogP) is 4.85. The minimum absolute atomic E-state index is 0.135. The summed E-state index contributed by atoms with van der Waals surface area (Å²) in [5, 5.41) is 14.4. The molecular weight excluding hydrogens is 533 g/mol. The molecule has 3 heterocycles. The minimum atomic E-state index is -4.59. The first-order chi connectivity index (χ1) is 18.5. The number of hydrogen-bond acceptors (Lipinski definition) is 5. The number of allylic oxidation sites excluding steroid dienone is 4. The van der Waals surface area contributed by atoms with Crippen molar-refractivity contribution in [3.8, 4) is 17.2 Å². The number of rotatable bonds is 4. The standard InChI is InChI=1S/C27H20ClF3N6O2/c1-15-11-18(4-5-19(15)12-32)22-23(17-6-8-20(28)9-7-17)25(38)35(2)37-24(22)34-36(26(37)39)14-16-3-10-21(33-13-16)27(29,30)31/h3-10,13,15H,11,14H2,1-2H3. The second kappa shape index (κ2) is 9.71. The van der Waals surface area contributed by atoms with Gasteiger partial charge in [-0.3, -0.25) is 9.78 Å². The number of aromatic nitrogens is 5. The van der Waals surface area contributed by atoms with Crippen molar-refractivity contribution < 1.29 is 13.2 Å². The number of aryl methyl sites for hydroxylation is 1. The van der Waals surface area contributed by atoms with E-state index >= 15 is 0 Å². The molecule has 12 heteroatoms. The molecule has 1 aromatic carbocycles. The maximum absolute atomic E-state index is 13.7. The van der Waals surface area contributed by atoms with Crippen molar-refractivity contribution in [3.05, 3.63) is 103 Å². The fourth-order valence-corrected chi connectivity index (χ4v) is 4.77. The lowest BCUT2D eigenvalue weighted by molar-refractivity contribution is -0.141. The normalized spacial score (nSPS) is 15.7. The van der Waals surface area contributed by atoms with E-state index in [-0.39, 0.29) is 18.1 Å². The van der Waals surface area contributed by atoms with Crippen molar-refractivity contribution in [2.75, 3.05) is 0 Å². The van der Waals surface area contributed by atoms with Gasteiger partial charge in [0, 0.05) is 29.4 Å². The summed E-state index contributed by atoms with van der Waals surface area (Å²) in [6.07, 6.45) is 0.307. The van der Waals surface area contributed by atoms with Gasteiger partial charge in [-0.2, -0.15) is 22.9 Å². The monoisotopic (exact) mass is 552 g/mol. The van der Waals surface area contributed by atoms with Crippen molar-refractivity contribution in [2.24, 2.45) is 13.0 Å². The molecule has 0 radical (unpaired) electrons. The number of pyridine rings is 1. The van der Waals surface area contributed by atoms with Crippen LogP contribution in [0.5, 0.6) is 0 Å². The second-order valence-corrected chi connectivity index (χ2v) is 9.68. The molecule has 0 aliphatic heterocycles. The van der Waals surface area contributed by atoms with E-state index in [2.05, 4.69) is 16.2 Å². The molecule has 39 heavy (non-hydrogen) atoms. The third-order valence-electron chi connectivity index (χ3n) is 6.65. The van der Waals surface area contributed by atoms with Gasteiger partial charge in [0.1, 0.15) is 5.69 Å². The zero-order valence-corrected chi connectivity index (χ0v) is 21.5. The molecule has 198 valence electrons. The fourth-order valence-electron chi connectivity index (χ4n) is 4.64. The SMILES string of the molecule is CC1CC(c2c(-c3ccc(Cl)cc3)c(=O)n(C)n3c(=O)n(Cc4ccc(C(F)(F)F)nc4)nc23)=CC=C1C#N. The van der Waals surface area contributed by atoms with E-state index < -0.39 is 23.1 Å². The summed E-state index contributed by atoms with van der Waals surface area (Å²) in [6, 6.07) is 10.9. The Kier molecular flexibility index (Phi) is 6.52. The molecule has 0 saturated carbocycles. The number of fused-ring (bicyclic) bond motifs is 1. The third kappa shape index (κ3) is 4.68. The lowest BCUT2D eigenvalue weighted by atomic mass is 9.84. The number of benzene rings is 1. The van der Waals surface area contributed by atoms with Crippen LogP contribution in [-0.2, 0) is 19.8 Å². The number of halogens is 4. The number of hydrogen-bond donors (Lipinski definition) is 0. The summed E-state index contributed by atoms with van der Waals surface area (Å²) in [5.41, 5.74) is 0.969. The molecule has 1 atom stereocenters. The summed E-state index contributed by atoms with van der Waals surface area (Å²) in [4.78, 5) is 30.6. The highest BCUT2D eigenvalue weighted by Gasteiger charge is 2.32. The lowest BCUT2D eigenvalue weighted by Gasteiger charge is -2.21. The molecular formula is C27H20ClF3N6O2. The highest BCUT2D eigenvalue weighted by Crippen LogP contribution is 2.37. The topological polar surface area (TPSA) is 98.0 Å². The average Bonchev–Trinajstić information content (AvgIpc) is 3.22. The average molecular weight is 553 g/mol. The Morgan fingerprint density at radius 3 is 2.41 bits per heavy atom. The van der Waals surface area contributed by atoms with Gasteiger partial charge in [0.2, 0.25) is 0 Å². The zero-order chi connectivity index (χ0) is 28.1. The quantitative estimate of drug-likeness (QED) is 0.360. The molecule has 1 aliphatic rings. The molecule has 0 N–H and O–H groups in total. The van der Waals surface area contributed by atoms with Crippen LogP contribution in [0.15, 0.2) is 69.9 Å². The number of nitriles is 1. The Morgan fingerprint density at radius 2 is 1.82 bits per heavy atom. The van der Waals surface area contributed by atoms with Gasteiger partial charge < -0.3 is 0 Å². The summed E-state index contributed by atoms with van der Waals surface area (Å²) in [7, 11) is 1.44. The molecule has 3 aromatic heterocycles. The molecule has 5 rings (SSSR count). The Hall–Kier alpha value is -4.43. The Bertz CT molecular complexity index is 1820. The van der Waals surface area contributed by atoms with Crippen molar-refractivity contribution in [1.29, 1.82) is 5.26 Å². The Balaban J connectivity index is 1.75. The van der Waals surface area contributed by atoms with Gasteiger partial charge in [0.25, 0.3) is 5.56 Å². The van der Waals surface area contributed by atoms with Crippen LogP contribution in [0.25, 0.3) is 22.3 Å². The molecule has 1 unspecified atom stereocenters. The van der Waals surface area contributed by atoms with Crippen molar-refractivity contribution in [3.63, 3.8) is 0 Å². The molecule has 0 spiro atoms. The first-order valence-corrected chi connectivity index (χ1v) is 12.2. The van der Waals surface area contributed by atoms with E-state index in [1.165, 1.54) is 13.1 Å². The van der Waals surface area contributed by atoms with Gasteiger partial charge in [-0.15, -0.1) is 5.10 Å². The van der Waals surface area contributed by atoms with Crippen molar-refractivity contribution in [2.45, 2.75) is 26.1 Å². The van der Waals surface area contributed by atoms with E-state index in [0.29, 0.717) is 44.8 Å². The number of alkyl halides is 3. The first-order valence-electron chi connectivity index (χ1n) is 11.8. The second-order valence-electron chi connectivity index (χ2n) is 9.24. The van der Waals surface area contributed by atoms with Gasteiger partial charge in [0.15, 0.2) is 5.65 Å². The van der Waals surface area contributed by atoms with Gasteiger partial charge in [-0.25, -0.2) is 14.2 Å². The van der Waals surface area contributed by atoms with Crippen LogP contribution in [0.3, 0.4) is 0 Å². The van der Waals surface area contributed by atoms with Gasteiger partial charge in [-0.1, -0.05) is 42.8 Å². The maximum atomic E-state index is 13.7. The molecule has 0 saturated heterocycles. The molecule has 1 aliphatic carbocycles. The summed E-state index contributed by atoms with van der Waals surface area (Å²) >= 11 is 6.08. The third-order valence-corrected chi connectivity index (χ3v) is 6.90. The lowest BCUT2D eigenvalue weighted by Crippen LogP contribution is -2.33. The Labute approximate surface area is 224 Å². The van der Waals surface area contributed by atoms with Crippen LogP contribution in [0.1, 0.15) is 30.2 Å². The maximum Gasteiger partial charge on any atom is 0.433 e. The summed E-state index contributed by atoms with van der Waals surface area (Å²) in [5.74, 6) is -0.135. The first kappa shape index (κ1) is 26.2. The van der Waals surface area contributed by atoms with E-state index in [0.717, 1.165) is 26.1 Å². The van der Waals surface area contributed by atoms with E-state index in [1.807, 2.05) is 6.92 Å². The van der Waals surface area contributed by atoms with E-state index in [4.69, 9.17) is 11.6 Å². The summed E-state index contributed by atoms with van der Waals surface area (Å²) in [6.45, 7) is 1.73. The molecule has 4 aromatic rings. The predicted molar refractivity (Wildman–Crippen MR) is 139 cm³/mol. The van der Waals surface area contributed by atoms with Gasteiger partial charge >= 0.3 is 11.9 Å². The Morgan fingerprint density at radius 1 is 1.10 bits per heavy atom. The van der Waals surface area contributed by atoms with Crippen molar-refractivity contribution >= 4 is 22.8 Å². The largest absolute Gasteiger partial charge is 0.433 e. The van der Waals surface area contributed by atoms with Crippen LogP contribution < -0.4 is 11.2 Å². The molecule has 0 bridgehead atoms. The van der Waals surface area contributed by atoms with Gasteiger partial charge in [0.05, 0.1) is 18.2 Å². The van der Waals surface area contributed by atoms with Crippen LogP contribution in [-0.4, -0.2) is 24.0 Å². The van der Waals surface area contributed by atoms with Crippen LogP contribution in [0.4, 0.5) is 13.2 Å². The van der Waals surface area contributed by atoms with Crippen LogP contribution >= 0.6 is 11.6 Å². The van der Waals surface area contributed by atoms with E-state index in [9.17, 15) is 28.0 Å². The van der Waals surface area contributed by atoms with Crippen LogP contribution in [0.2, 0.25) is 5.02 Å². The fraction of sp³-hybridized carbons (Fsp3) is 0.222. The minimum Gasteiger partial charge on any atom is -0.267 e. The van der Waals surface area contributed by atoms with Crippen LogP contribution in [0, 0.1) is 17.2 Å². The molecule has 0 fully saturated rings. The highest BCUT2D eigenvalue weighted by molar-refractivity contribution is 6.30. The van der Waals surface area contributed by atoms with E-state index in [1.54, 1.807) is 36.4 Å². The zero-order valence-electron chi connectivity index (χ0n) is 20.7. The molecule has 0 amide bonds. The van der Waals surface area contributed by atoms with Crippen molar-refractivity contribution in [1.82, 2.24) is 24.0 Å². The van der Waals surface area contributed by atoms with Gasteiger partial charge in [-0.05, 0) is 53.3 Å².